The Morgan fingerprint density at radius 1 is 1.42 bits per heavy atom. The number of nitrogens with zero attached hydrogens (tertiary/aromatic N) is 2. The number of para-hydroxylation sites is 1. The van der Waals surface area contributed by atoms with Crippen LogP contribution in [0.2, 0.25) is 0 Å². The van der Waals surface area contributed by atoms with E-state index in [0.29, 0.717) is 18.3 Å². The van der Waals surface area contributed by atoms with Crippen LogP contribution < -0.4 is 10.1 Å². The third-order valence-electron chi connectivity index (χ3n) is 4.42. The minimum atomic E-state index is -0.614. The van der Waals surface area contributed by atoms with Crippen molar-refractivity contribution in [2.24, 2.45) is 5.92 Å². The zero-order valence-corrected chi connectivity index (χ0v) is 14.0. The highest BCUT2D eigenvalue weighted by molar-refractivity contribution is 5.95. The molecule has 1 aliphatic carbocycles. The van der Waals surface area contributed by atoms with Gasteiger partial charge in [-0.25, -0.2) is 4.68 Å². The summed E-state index contributed by atoms with van der Waals surface area (Å²) < 4.78 is 7.21. The van der Waals surface area contributed by atoms with Crippen LogP contribution >= 0.6 is 0 Å². The van der Waals surface area contributed by atoms with Crippen molar-refractivity contribution in [3.8, 4) is 11.4 Å². The van der Waals surface area contributed by atoms with Crippen molar-refractivity contribution in [3.63, 3.8) is 0 Å². The molecule has 2 aromatic rings. The van der Waals surface area contributed by atoms with E-state index in [1.165, 1.54) is 0 Å². The summed E-state index contributed by atoms with van der Waals surface area (Å²) >= 11 is 0. The molecule has 3 rings (SSSR count). The van der Waals surface area contributed by atoms with Crippen LogP contribution in [0.1, 0.15) is 37.2 Å². The average molecular weight is 329 g/mol. The molecule has 6 heteroatoms. The Kier molecular flexibility index (Phi) is 4.57. The second-order valence-corrected chi connectivity index (χ2v) is 6.36. The number of amides is 1. The smallest absolute Gasteiger partial charge is 0.276 e. The van der Waals surface area contributed by atoms with Crippen LogP contribution in [0.5, 0.6) is 5.75 Å². The first-order chi connectivity index (χ1) is 11.6. The van der Waals surface area contributed by atoms with E-state index in [2.05, 4.69) is 10.4 Å². The van der Waals surface area contributed by atoms with Crippen molar-refractivity contribution < 1.29 is 14.6 Å². The van der Waals surface area contributed by atoms with Gasteiger partial charge < -0.3 is 15.2 Å². The maximum absolute atomic E-state index is 12.7. The summed E-state index contributed by atoms with van der Waals surface area (Å²) in [6.07, 6.45) is 3.75. The van der Waals surface area contributed by atoms with Gasteiger partial charge in [-0.15, -0.1) is 0 Å². The highest BCUT2D eigenvalue weighted by Gasteiger charge is 2.42. The number of benzene rings is 1. The topological polar surface area (TPSA) is 76.4 Å². The summed E-state index contributed by atoms with van der Waals surface area (Å²) in [6, 6.07) is 9.56. The number of ether oxygens (including phenoxy) is 1. The van der Waals surface area contributed by atoms with E-state index in [-0.39, 0.29) is 18.2 Å². The predicted molar refractivity (Wildman–Crippen MR) is 90.4 cm³/mol. The van der Waals surface area contributed by atoms with Crippen LogP contribution in [-0.4, -0.2) is 39.5 Å². The molecule has 128 valence electrons. The van der Waals surface area contributed by atoms with Crippen LogP contribution in [0.3, 0.4) is 0 Å². The maximum Gasteiger partial charge on any atom is 0.276 e. The van der Waals surface area contributed by atoms with Crippen molar-refractivity contribution in [1.29, 1.82) is 0 Å². The molecule has 0 radical (unpaired) electrons. The fourth-order valence-electron chi connectivity index (χ4n) is 2.80. The number of carbonyl (C=O) groups is 1. The van der Waals surface area contributed by atoms with Gasteiger partial charge in [-0.2, -0.15) is 5.10 Å². The minimum absolute atomic E-state index is 0.0905. The number of rotatable bonds is 7. The number of hydrogen-bond acceptors (Lipinski definition) is 4. The number of nitrogens with one attached hydrogen (secondary N) is 1. The Morgan fingerprint density at radius 3 is 2.71 bits per heavy atom. The molecule has 24 heavy (non-hydrogen) atoms. The first-order valence-corrected chi connectivity index (χ1v) is 8.28. The lowest BCUT2D eigenvalue weighted by atomic mass is 9.97. The molecule has 0 bridgehead atoms. The fourth-order valence-corrected chi connectivity index (χ4v) is 2.80. The number of carbonyl (C=O) groups excluding carboxylic acids is 1. The van der Waals surface area contributed by atoms with Crippen LogP contribution in [0.25, 0.3) is 5.69 Å². The normalized spacial score (nSPS) is 16.5. The lowest BCUT2D eigenvalue weighted by Gasteiger charge is -2.28. The van der Waals surface area contributed by atoms with Gasteiger partial charge in [0.1, 0.15) is 0 Å². The van der Waals surface area contributed by atoms with E-state index in [1.54, 1.807) is 10.9 Å². The van der Waals surface area contributed by atoms with Gasteiger partial charge in [0.05, 0.1) is 30.6 Å². The maximum atomic E-state index is 12.7. The number of aliphatic hydroxyl groups is 1. The second kappa shape index (κ2) is 6.65. The third-order valence-corrected chi connectivity index (χ3v) is 4.42. The van der Waals surface area contributed by atoms with Crippen molar-refractivity contribution in [3.05, 3.63) is 42.2 Å². The molecule has 1 aliphatic rings. The zero-order valence-electron chi connectivity index (χ0n) is 14.0. The van der Waals surface area contributed by atoms with Gasteiger partial charge in [0, 0.05) is 0 Å². The molecule has 0 spiro atoms. The van der Waals surface area contributed by atoms with E-state index < -0.39 is 5.54 Å². The van der Waals surface area contributed by atoms with Crippen molar-refractivity contribution in [2.75, 3.05) is 13.2 Å². The molecule has 1 aromatic carbocycles. The molecule has 1 unspecified atom stereocenters. The van der Waals surface area contributed by atoms with Crippen LogP contribution in [0.15, 0.2) is 36.5 Å². The van der Waals surface area contributed by atoms with Gasteiger partial charge in [0.25, 0.3) is 5.91 Å². The van der Waals surface area contributed by atoms with E-state index in [1.807, 2.05) is 44.2 Å². The molecule has 6 nitrogen and oxygen atoms in total. The molecule has 0 aliphatic heterocycles. The second-order valence-electron chi connectivity index (χ2n) is 6.36. The van der Waals surface area contributed by atoms with Crippen LogP contribution in [-0.2, 0) is 0 Å². The fraction of sp³-hybridized carbons (Fsp3) is 0.444. The highest BCUT2D eigenvalue weighted by Crippen LogP contribution is 2.39. The largest absolute Gasteiger partial charge is 0.490 e. The molecule has 1 fully saturated rings. The minimum Gasteiger partial charge on any atom is -0.490 e. The van der Waals surface area contributed by atoms with E-state index in [4.69, 9.17) is 4.74 Å². The van der Waals surface area contributed by atoms with Gasteiger partial charge in [-0.3, -0.25) is 4.79 Å². The van der Waals surface area contributed by atoms with Gasteiger partial charge in [-0.05, 0) is 44.7 Å². The lowest BCUT2D eigenvalue weighted by Crippen LogP contribution is -2.51. The molecule has 1 atom stereocenters. The van der Waals surface area contributed by atoms with Crippen LogP contribution in [0.4, 0.5) is 0 Å². The Hall–Kier alpha value is -2.34. The van der Waals surface area contributed by atoms with E-state index in [9.17, 15) is 9.90 Å². The molecule has 1 aromatic heterocycles. The van der Waals surface area contributed by atoms with Gasteiger partial charge >= 0.3 is 0 Å². The zero-order chi connectivity index (χ0) is 17.2. The highest BCUT2D eigenvalue weighted by atomic mass is 16.5. The van der Waals surface area contributed by atoms with Crippen molar-refractivity contribution in [1.82, 2.24) is 15.1 Å². The standard InChI is InChI=1S/C18H23N3O3/c1-3-24-15-11-21(14-7-5-4-6-8-14)20-16(15)17(23)19-18(2,12-22)13-9-10-13/h4-8,11,13,22H,3,9-10,12H2,1-2H3,(H,19,23). The molecule has 1 saturated carbocycles. The van der Waals surface area contributed by atoms with Crippen molar-refractivity contribution in [2.45, 2.75) is 32.2 Å². The predicted octanol–water partition coefficient (Wildman–Crippen LogP) is 2.16. The SMILES string of the molecule is CCOc1cn(-c2ccccc2)nc1C(=O)NC(C)(CO)C1CC1. The molecular weight excluding hydrogens is 306 g/mol. The quantitative estimate of drug-likeness (QED) is 0.816. The van der Waals surface area contributed by atoms with Crippen LogP contribution in [0, 0.1) is 5.92 Å². The van der Waals surface area contributed by atoms with Crippen molar-refractivity contribution >= 4 is 5.91 Å². The first kappa shape index (κ1) is 16.5. The number of hydrogen-bond donors (Lipinski definition) is 2. The van der Waals surface area contributed by atoms with Gasteiger partial charge in [0.2, 0.25) is 0 Å². The summed E-state index contributed by atoms with van der Waals surface area (Å²) in [5.74, 6) is 0.435. The summed E-state index contributed by atoms with van der Waals surface area (Å²) in [5, 5.41) is 17.0. The molecular formula is C18H23N3O3. The van der Waals surface area contributed by atoms with Gasteiger partial charge in [0.15, 0.2) is 11.4 Å². The Bertz CT molecular complexity index is 710. The summed E-state index contributed by atoms with van der Waals surface area (Å²) in [7, 11) is 0. The monoisotopic (exact) mass is 329 g/mol. The molecule has 0 saturated heterocycles. The Labute approximate surface area is 141 Å². The van der Waals surface area contributed by atoms with E-state index >= 15 is 0 Å². The van der Waals surface area contributed by atoms with E-state index in [0.717, 1.165) is 18.5 Å². The number of aromatic nitrogens is 2. The third kappa shape index (κ3) is 3.28. The summed E-state index contributed by atoms with van der Waals surface area (Å²) in [5.41, 5.74) is 0.475. The number of aliphatic hydroxyl groups excluding tert-OH is 1. The lowest BCUT2D eigenvalue weighted by molar-refractivity contribution is 0.0815. The molecule has 1 amide bonds. The Balaban J connectivity index is 1.88. The molecule has 1 heterocycles. The first-order valence-electron chi connectivity index (χ1n) is 8.28. The van der Waals surface area contributed by atoms with Gasteiger partial charge in [-0.1, -0.05) is 18.2 Å². The molecule has 2 N–H and O–H groups in total. The Morgan fingerprint density at radius 2 is 2.12 bits per heavy atom. The summed E-state index contributed by atoms with van der Waals surface area (Å²) in [6.45, 7) is 4.09. The average Bonchev–Trinajstić information content (AvgIpc) is 3.37. The summed E-state index contributed by atoms with van der Waals surface area (Å²) in [4.78, 5) is 12.7.